The topological polar surface area (TPSA) is 47.6 Å². The van der Waals surface area contributed by atoms with Gasteiger partial charge in [-0.3, -0.25) is 4.79 Å². The molecule has 0 fully saturated rings. The maximum Gasteiger partial charge on any atom is 0.221 e. The molecule has 1 heterocycles. The Hall–Kier alpha value is -3.27. The van der Waals surface area contributed by atoms with Crippen LogP contribution in [0.1, 0.15) is 23.5 Å². The number of carbonyl (C=O) groups excluding carboxylic acids is 1. The molecule has 0 saturated carbocycles. The van der Waals surface area contributed by atoms with E-state index in [0.29, 0.717) is 19.6 Å². The van der Waals surface area contributed by atoms with E-state index in [2.05, 4.69) is 5.32 Å². The minimum Gasteiger partial charge on any atom is -0.492 e. The van der Waals surface area contributed by atoms with Crippen molar-refractivity contribution in [3.8, 4) is 17.2 Å². The first-order chi connectivity index (χ1) is 13.3. The van der Waals surface area contributed by atoms with E-state index in [9.17, 15) is 4.79 Å². The van der Waals surface area contributed by atoms with Crippen molar-refractivity contribution in [3.05, 3.63) is 90.0 Å². The lowest BCUT2D eigenvalue weighted by Crippen LogP contribution is -2.30. The summed E-state index contributed by atoms with van der Waals surface area (Å²) in [5, 5.41) is 2.96. The summed E-state index contributed by atoms with van der Waals surface area (Å²) >= 11 is 0. The van der Waals surface area contributed by atoms with Crippen molar-refractivity contribution in [3.63, 3.8) is 0 Å². The smallest absolute Gasteiger partial charge is 0.221 e. The summed E-state index contributed by atoms with van der Waals surface area (Å²) in [5.41, 5.74) is 2.10. The molecule has 4 rings (SSSR count). The third-order valence-electron chi connectivity index (χ3n) is 4.63. The minimum absolute atomic E-state index is 0.00293. The van der Waals surface area contributed by atoms with Crippen molar-refractivity contribution in [1.82, 2.24) is 5.32 Å². The van der Waals surface area contributed by atoms with Gasteiger partial charge in [0.1, 0.15) is 23.9 Å². The zero-order valence-electron chi connectivity index (χ0n) is 14.9. The number of hydrogen-bond acceptors (Lipinski definition) is 3. The van der Waals surface area contributed by atoms with E-state index < -0.39 is 0 Å². The Kier molecular flexibility index (Phi) is 5.06. The van der Waals surface area contributed by atoms with Crippen LogP contribution in [0.2, 0.25) is 0 Å². The van der Waals surface area contributed by atoms with Gasteiger partial charge in [-0.15, -0.1) is 0 Å². The highest BCUT2D eigenvalue weighted by Crippen LogP contribution is 2.45. The molecule has 27 heavy (non-hydrogen) atoms. The van der Waals surface area contributed by atoms with Crippen molar-refractivity contribution < 1.29 is 14.3 Å². The van der Waals surface area contributed by atoms with E-state index in [-0.39, 0.29) is 11.8 Å². The number of amides is 1. The first-order valence-electron chi connectivity index (χ1n) is 9.11. The van der Waals surface area contributed by atoms with Crippen LogP contribution in [-0.2, 0) is 4.79 Å². The van der Waals surface area contributed by atoms with E-state index in [0.717, 1.165) is 28.4 Å². The average Bonchev–Trinajstić information content (AvgIpc) is 2.72. The van der Waals surface area contributed by atoms with Crippen LogP contribution >= 0.6 is 0 Å². The van der Waals surface area contributed by atoms with Gasteiger partial charge in [-0.1, -0.05) is 54.6 Å². The molecule has 0 spiro atoms. The van der Waals surface area contributed by atoms with Crippen LogP contribution < -0.4 is 14.8 Å². The van der Waals surface area contributed by atoms with Gasteiger partial charge in [0.2, 0.25) is 5.91 Å². The normalized spacial score (nSPS) is 12.4. The first kappa shape index (κ1) is 17.2. The molecule has 1 amide bonds. The van der Waals surface area contributed by atoms with Crippen molar-refractivity contribution >= 4 is 5.91 Å². The van der Waals surface area contributed by atoms with Gasteiger partial charge in [0, 0.05) is 23.5 Å². The van der Waals surface area contributed by atoms with Crippen LogP contribution in [0.3, 0.4) is 0 Å². The molecule has 1 aliphatic rings. The second-order valence-corrected chi connectivity index (χ2v) is 6.45. The fourth-order valence-corrected chi connectivity index (χ4v) is 3.36. The number of ether oxygens (including phenoxy) is 2. The van der Waals surface area contributed by atoms with Gasteiger partial charge in [0.05, 0.1) is 6.54 Å². The van der Waals surface area contributed by atoms with E-state index in [1.54, 1.807) is 0 Å². The van der Waals surface area contributed by atoms with Crippen LogP contribution in [0, 0.1) is 0 Å². The molecule has 0 unspecified atom stereocenters. The molecule has 4 heteroatoms. The van der Waals surface area contributed by atoms with Crippen LogP contribution in [-0.4, -0.2) is 19.1 Å². The highest BCUT2D eigenvalue weighted by Gasteiger charge is 2.28. The van der Waals surface area contributed by atoms with E-state index in [4.69, 9.17) is 9.47 Å². The van der Waals surface area contributed by atoms with Crippen LogP contribution in [0.4, 0.5) is 0 Å². The maximum atomic E-state index is 12.5. The number of para-hydroxylation sites is 3. The summed E-state index contributed by atoms with van der Waals surface area (Å²) in [6.07, 6.45) is 0.378. The summed E-state index contributed by atoms with van der Waals surface area (Å²) in [5.74, 6) is 2.44. The highest BCUT2D eigenvalue weighted by atomic mass is 16.5. The van der Waals surface area contributed by atoms with Gasteiger partial charge >= 0.3 is 0 Å². The molecule has 1 aliphatic heterocycles. The number of carbonyl (C=O) groups is 1. The predicted octanol–water partition coefficient (Wildman–Crippen LogP) is 4.51. The zero-order chi connectivity index (χ0) is 18.5. The zero-order valence-corrected chi connectivity index (χ0v) is 14.9. The molecule has 136 valence electrons. The monoisotopic (exact) mass is 359 g/mol. The van der Waals surface area contributed by atoms with Gasteiger partial charge in [-0.05, 0) is 24.3 Å². The minimum atomic E-state index is -0.0128. The summed E-state index contributed by atoms with van der Waals surface area (Å²) in [6.45, 7) is 0.914. The van der Waals surface area contributed by atoms with E-state index in [1.165, 1.54) is 0 Å². The van der Waals surface area contributed by atoms with Gasteiger partial charge in [0.15, 0.2) is 0 Å². The molecule has 4 nitrogen and oxygen atoms in total. The molecule has 0 aromatic heterocycles. The Bertz CT molecular complexity index is 878. The molecule has 1 N–H and O–H groups in total. The Morgan fingerprint density at radius 1 is 0.852 bits per heavy atom. The number of rotatable bonds is 6. The molecule has 0 atom stereocenters. The SMILES string of the molecule is O=C(CC1c2ccccc2Oc2ccccc21)NCCOc1ccccc1. The van der Waals surface area contributed by atoms with E-state index >= 15 is 0 Å². The lowest BCUT2D eigenvalue weighted by atomic mass is 9.85. The van der Waals surface area contributed by atoms with Crippen molar-refractivity contribution in [2.45, 2.75) is 12.3 Å². The van der Waals surface area contributed by atoms with Crippen LogP contribution in [0.25, 0.3) is 0 Å². The average molecular weight is 359 g/mol. The third kappa shape index (κ3) is 3.95. The largest absolute Gasteiger partial charge is 0.492 e. The molecule has 0 bridgehead atoms. The molecule has 0 aliphatic carbocycles. The number of hydrogen-bond donors (Lipinski definition) is 1. The summed E-state index contributed by atoms with van der Waals surface area (Å²) in [4.78, 5) is 12.5. The lowest BCUT2D eigenvalue weighted by molar-refractivity contribution is -0.121. The van der Waals surface area contributed by atoms with Gasteiger partial charge in [-0.25, -0.2) is 0 Å². The van der Waals surface area contributed by atoms with Gasteiger partial charge in [-0.2, -0.15) is 0 Å². The Balaban J connectivity index is 1.39. The molecule has 0 saturated heterocycles. The molecule has 3 aromatic rings. The second-order valence-electron chi connectivity index (χ2n) is 6.45. The summed E-state index contributed by atoms with van der Waals surface area (Å²) in [6, 6.07) is 25.4. The van der Waals surface area contributed by atoms with E-state index in [1.807, 2.05) is 78.9 Å². The Morgan fingerprint density at radius 3 is 2.11 bits per heavy atom. The van der Waals surface area contributed by atoms with Crippen molar-refractivity contribution in [2.75, 3.05) is 13.2 Å². The molecule has 3 aromatic carbocycles. The standard InChI is InChI=1S/C23H21NO3/c25-23(24-14-15-26-17-8-2-1-3-9-17)16-20-18-10-4-6-12-21(18)27-22-13-7-5-11-19(20)22/h1-13,20H,14-16H2,(H,24,25). The fraction of sp³-hybridized carbons (Fsp3) is 0.174. The summed E-state index contributed by atoms with van der Waals surface area (Å²) in [7, 11) is 0. The Morgan fingerprint density at radius 2 is 1.44 bits per heavy atom. The maximum absolute atomic E-state index is 12.5. The van der Waals surface area contributed by atoms with Crippen molar-refractivity contribution in [1.29, 1.82) is 0 Å². The second kappa shape index (κ2) is 7.96. The quantitative estimate of drug-likeness (QED) is 0.659. The Labute approximate surface area is 158 Å². The van der Waals surface area contributed by atoms with Gasteiger partial charge in [0.25, 0.3) is 0 Å². The van der Waals surface area contributed by atoms with Crippen molar-refractivity contribution in [2.24, 2.45) is 0 Å². The number of nitrogens with one attached hydrogen (secondary N) is 1. The van der Waals surface area contributed by atoms with Crippen LogP contribution in [0.15, 0.2) is 78.9 Å². The first-order valence-corrected chi connectivity index (χ1v) is 9.11. The number of fused-ring (bicyclic) bond motifs is 2. The number of benzene rings is 3. The predicted molar refractivity (Wildman–Crippen MR) is 104 cm³/mol. The summed E-state index contributed by atoms with van der Waals surface area (Å²) < 4.78 is 11.6. The lowest BCUT2D eigenvalue weighted by Gasteiger charge is -2.27. The molecular weight excluding hydrogens is 338 g/mol. The molecular formula is C23H21NO3. The fourth-order valence-electron chi connectivity index (χ4n) is 3.36. The van der Waals surface area contributed by atoms with Gasteiger partial charge < -0.3 is 14.8 Å². The molecule has 0 radical (unpaired) electrons. The third-order valence-corrected chi connectivity index (χ3v) is 4.63. The highest BCUT2D eigenvalue weighted by molar-refractivity contribution is 5.78. The van der Waals surface area contributed by atoms with Crippen LogP contribution in [0.5, 0.6) is 17.2 Å².